The number of aliphatic hydroxyl groups is 1. The highest BCUT2D eigenvalue weighted by atomic mass is 16.2. The quantitative estimate of drug-likeness (QED) is 0.406. The van der Waals surface area contributed by atoms with Crippen LogP contribution in [0.1, 0.15) is 13.3 Å². The fourth-order valence-electron chi connectivity index (χ4n) is 0.291. The summed E-state index contributed by atoms with van der Waals surface area (Å²) in [5, 5.41) is 8.22. The van der Waals surface area contributed by atoms with Gasteiger partial charge >= 0.3 is 0 Å². The number of hydrogen-bond donors (Lipinski definition) is 1. The minimum Gasteiger partial charge on any atom is -0.396 e. The van der Waals surface area contributed by atoms with Gasteiger partial charge in [-0.25, -0.2) is 0 Å². The number of rotatable bonds is 3. The Bertz CT molecular complexity index is 52.0. The van der Waals surface area contributed by atoms with Crippen molar-refractivity contribution in [1.82, 2.24) is 0 Å². The summed E-state index contributed by atoms with van der Waals surface area (Å²) in [5.41, 5.74) is 0. The summed E-state index contributed by atoms with van der Waals surface area (Å²) in [6.45, 7) is 2.88. The monoisotopic (exact) mass is 101 g/mol. The first-order valence-corrected chi connectivity index (χ1v) is 2.47. The Hall–Kier alpha value is -0.370. The van der Waals surface area contributed by atoms with Crippen LogP contribution in [0.25, 0.3) is 0 Å². The van der Waals surface area contributed by atoms with Crippen molar-refractivity contribution in [3.63, 3.8) is 0 Å². The Balaban J connectivity index is 2.69. The van der Waals surface area contributed by atoms with E-state index in [4.69, 9.17) is 5.11 Å². The first-order chi connectivity index (χ1) is 3.41. The van der Waals surface area contributed by atoms with Crippen LogP contribution in [0, 0.1) is 0 Å². The molecule has 0 radical (unpaired) electrons. The first kappa shape index (κ1) is 6.63. The molecule has 0 amide bonds. The molecule has 0 aromatic heterocycles. The lowest BCUT2D eigenvalue weighted by Crippen LogP contribution is -1.85. The molecule has 7 heavy (non-hydrogen) atoms. The van der Waals surface area contributed by atoms with Crippen LogP contribution in [0.3, 0.4) is 0 Å². The summed E-state index contributed by atoms with van der Waals surface area (Å²) in [7, 11) is 0. The fraction of sp³-hybridized carbons (Fsp3) is 0.800. The molecule has 0 bridgehead atoms. The van der Waals surface area contributed by atoms with Gasteiger partial charge in [-0.2, -0.15) is 0 Å². The summed E-state index contributed by atoms with van der Waals surface area (Å²) >= 11 is 0. The van der Waals surface area contributed by atoms with Crippen LogP contribution >= 0.6 is 0 Å². The Morgan fingerprint density at radius 3 is 2.86 bits per heavy atom. The Morgan fingerprint density at radius 2 is 2.43 bits per heavy atom. The molecule has 2 nitrogen and oxygen atoms in total. The molecule has 0 aliphatic heterocycles. The summed E-state index contributed by atoms with van der Waals surface area (Å²) in [6.07, 6.45) is 2.53. The minimum absolute atomic E-state index is 0.247. The van der Waals surface area contributed by atoms with Crippen LogP contribution in [0.15, 0.2) is 4.99 Å². The number of aliphatic hydroxyl groups excluding tert-OH is 1. The maximum Gasteiger partial charge on any atom is 0.0448 e. The van der Waals surface area contributed by atoms with Gasteiger partial charge in [0.15, 0.2) is 0 Å². The van der Waals surface area contributed by atoms with Crippen molar-refractivity contribution in [2.75, 3.05) is 13.2 Å². The van der Waals surface area contributed by atoms with E-state index in [-0.39, 0.29) is 6.61 Å². The van der Waals surface area contributed by atoms with Crippen molar-refractivity contribution in [2.45, 2.75) is 13.3 Å². The lowest BCUT2D eigenvalue weighted by Gasteiger charge is -1.84. The second-order valence-electron chi connectivity index (χ2n) is 1.24. The molecule has 0 spiro atoms. The van der Waals surface area contributed by atoms with Gasteiger partial charge in [-0.1, -0.05) is 0 Å². The van der Waals surface area contributed by atoms with Crippen molar-refractivity contribution in [1.29, 1.82) is 0 Å². The normalized spacial score (nSPS) is 10.6. The molecule has 0 aliphatic carbocycles. The van der Waals surface area contributed by atoms with Crippen LogP contribution in [-0.4, -0.2) is 24.5 Å². The van der Waals surface area contributed by atoms with E-state index in [1.165, 1.54) is 0 Å². The molecule has 2 heteroatoms. The predicted octanol–water partition coefficient (Wildman–Crippen LogP) is 0.460. The zero-order valence-corrected chi connectivity index (χ0v) is 4.59. The van der Waals surface area contributed by atoms with E-state index in [0.717, 1.165) is 13.0 Å². The zero-order chi connectivity index (χ0) is 5.54. The molecule has 0 aliphatic rings. The van der Waals surface area contributed by atoms with E-state index in [1.807, 2.05) is 6.92 Å². The van der Waals surface area contributed by atoms with Crippen LogP contribution in [0.2, 0.25) is 0 Å². The lowest BCUT2D eigenvalue weighted by atomic mass is 10.5. The molecule has 0 atom stereocenters. The third kappa shape index (κ3) is 5.63. The maximum atomic E-state index is 8.22. The minimum atomic E-state index is 0.247. The van der Waals surface area contributed by atoms with E-state index >= 15 is 0 Å². The summed E-state index contributed by atoms with van der Waals surface area (Å²) < 4.78 is 0. The van der Waals surface area contributed by atoms with Gasteiger partial charge in [-0.05, 0) is 19.6 Å². The molecule has 0 aromatic carbocycles. The zero-order valence-electron chi connectivity index (χ0n) is 4.59. The maximum absolute atomic E-state index is 8.22. The van der Waals surface area contributed by atoms with Crippen LogP contribution < -0.4 is 0 Å². The van der Waals surface area contributed by atoms with Gasteiger partial charge in [0.25, 0.3) is 0 Å². The van der Waals surface area contributed by atoms with E-state index in [1.54, 1.807) is 6.21 Å². The number of hydrogen-bond acceptors (Lipinski definition) is 2. The highest BCUT2D eigenvalue weighted by Gasteiger charge is 1.74. The van der Waals surface area contributed by atoms with E-state index in [9.17, 15) is 0 Å². The van der Waals surface area contributed by atoms with Crippen LogP contribution in [0.4, 0.5) is 0 Å². The molecule has 1 N–H and O–H groups in total. The van der Waals surface area contributed by atoms with Gasteiger partial charge < -0.3 is 5.11 Å². The Labute approximate surface area is 43.9 Å². The molecular formula is C5H11NO. The molecule has 0 saturated carbocycles. The van der Waals surface area contributed by atoms with E-state index in [0.29, 0.717) is 0 Å². The van der Waals surface area contributed by atoms with Crippen molar-refractivity contribution >= 4 is 6.21 Å². The van der Waals surface area contributed by atoms with Gasteiger partial charge in [0.05, 0.1) is 0 Å². The predicted molar refractivity (Wildman–Crippen MR) is 30.7 cm³/mol. The average molecular weight is 101 g/mol. The van der Waals surface area contributed by atoms with Crippen molar-refractivity contribution in [3.8, 4) is 0 Å². The average Bonchev–Trinajstić information content (AvgIpc) is 1.69. The number of nitrogens with zero attached hydrogens (tertiary/aromatic N) is 1. The largest absolute Gasteiger partial charge is 0.396 e. The summed E-state index contributed by atoms with van der Waals surface area (Å²) in [5.74, 6) is 0. The highest BCUT2D eigenvalue weighted by molar-refractivity contribution is 5.53. The molecule has 0 saturated heterocycles. The second kappa shape index (κ2) is 5.63. The van der Waals surface area contributed by atoms with Gasteiger partial charge in [0, 0.05) is 13.2 Å². The molecular weight excluding hydrogens is 90.1 g/mol. The summed E-state index contributed by atoms with van der Waals surface area (Å²) in [4.78, 5) is 3.88. The standard InChI is InChI=1S/C5H11NO/c1-2-6-4-3-5-7/h2,7H,3-5H2,1H3. The van der Waals surface area contributed by atoms with Gasteiger partial charge in [0.1, 0.15) is 0 Å². The van der Waals surface area contributed by atoms with Gasteiger partial charge in [-0.3, -0.25) is 4.99 Å². The molecule has 0 rings (SSSR count). The van der Waals surface area contributed by atoms with Gasteiger partial charge in [-0.15, -0.1) is 0 Å². The Morgan fingerprint density at radius 1 is 1.71 bits per heavy atom. The van der Waals surface area contributed by atoms with Crippen molar-refractivity contribution in [2.24, 2.45) is 4.99 Å². The number of aliphatic imine (C=N–C) groups is 1. The molecule has 0 aromatic rings. The lowest BCUT2D eigenvalue weighted by molar-refractivity contribution is 0.291. The van der Waals surface area contributed by atoms with Crippen molar-refractivity contribution < 1.29 is 5.11 Å². The Kier molecular flexibility index (Phi) is 5.33. The van der Waals surface area contributed by atoms with Gasteiger partial charge in [0.2, 0.25) is 0 Å². The molecule has 0 heterocycles. The van der Waals surface area contributed by atoms with Crippen molar-refractivity contribution in [3.05, 3.63) is 0 Å². The van der Waals surface area contributed by atoms with E-state index in [2.05, 4.69) is 4.99 Å². The smallest absolute Gasteiger partial charge is 0.0448 e. The fourth-order valence-corrected chi connectivity index (χ4v) is 0.291. The second-order valence-corrected chi connectivity index (χ2v) is 1.24. The van der Waals surface area contributed by atoms with E-state index < -0.39 is 0 Å². The van der Waals surface area contributed by atoms with Crippen LogP contribution in [0.5, 0.6) is 0 Å². The molecule has 0 unspecified atom stereocenters. The SMILES string of the molecule is CC=NCCCO. The first-order valence-electron chi connectivity index (χ1n) is 2.47. The third-order valence-corrected chi connectivity index (χ3v) is 0.628. The topological polar surface area (TPSA) is 32.6 Å². The third-order valence-electron chi connectivity index (χ3n) is 0.628. The molecule has 0 fully saturated rings. The molecule has 42 valence electrons. The highest BCUT2D eigenvalue weighted by Crippen LogP contribution is 1.74. The summed E-state index contributed by atoms with van der Waals surface area (Å²) in [6, 6.07) is 0. The van der Waals surface area contributed by atoms with Crippen LogP contribution in [-0.2, 0) is 0 Å².